The Kier molecular flexibility index (Phi) is 4.71. The first-order valence-corrected chi connectivity index (χ1v) is 9.27. The minimum Gasteiger partial charge on any atom is -0.484 e. The highest BCUT2D eigenvalue weighted by molar-refractivity contribution is 5.80. The molecule has 1 saturated heterocycles. The maximum absolute atomic E-state index is 12.4. The van der Waals surface area contributed by atoms with Gasteiger partial charge >= 0.3 is 0 Å². The largest absolute Gasteiger partial charge is 0.484 e. The third-order valence-corrected chi connectivity index (χ3v) is 4.96. The van der Waals surface area contributed by atoms with Gasteiger partial charge in [0.25, 0.3) is 5.91 Å². The molecule has 1 aliphatic rings. The molecule has 140 valence electrons. The molecule has 1 aliphatic heterocycles. The average Bonchev–Trinajstić information content (AvgIpc) is 3.06. The quantitative estimate of drug-likeness (QED) is 0.773. The number of nitrogens with one attached hydrogen (secondary N) is 1. The number of rotatable bonds is 4. The molecule has 0 radical (unpaired) electrons. The van der Waals surface area contributed by atoms with Gasteiger partial charge in [-0.05, 0) is 44.2 Å². The lowest BCUT2D eigenvalue weighted by Gasteiger charge is -2.36. The lowest BCUT2D eigenvalue weighted by atomic mass is 10.2. The summed E-state index contributed by atoms with van der Waals surface area (Å²) in [4.78, 5) is 24.3. The van der Waals surface area contributed by atoms with Crippen LogP contribution in [0, 0.1) is 13.8 Å². The van der Waals surface area contributed by atoms with Crippen LogP contribution in [0.3, 0.4) is 0 Å². The van der Waals surface area contributed by atoms with E-state index >= 15 is 0 Å². The molecule has 1 fully saturated rings. The lowest BCUT2D eigenvalue weighted by Crippen LogP contribution is -2.50. The first-order chi connectivity index (χ1) is 13.1. The number of piperazine rings is 1. The van der Waals surface area contributed by atoms with Crippen molar-refractivity contribution in [3.8, 4) is 5.75 Å². The van der Waals surface area contributed by atoms with E-state index in [4.69, 9.17) is 4.74 Å². The number of nitrogens with zero attached hydrogens (tertiary/aromatic N) is 3. The number of hydrogen-bond donors (Lipinski definition) is 1. The summed E-state index contributed by atoms with van der Waals surface area (Å²) in [6.45, 7) is 7.11. The van der Waals surface area contributed by atoms with Gasteiger partial charge in [-0.15, -0.1) is 0 Å². The number of benzene rings is 2. The van der Waals surface area contributed by atoms with Crippen LogP contribution < -0.4 is 9.64 Å². The number of amides is 1. The molecule has 0 spiro atoms. The molecule has 3 aromatic rings. The summed E-state index contributed by atoms with van der Waals surface area (Å²) < 4.78 is 5.62. The zero-order valence-corrected chi connectivity index (χ0v) is 15.7. The molecule has 0 bridgehead atoms. The standard InChI is InChI=1S/C21H24N4O2/c1-15-3-6-18(7-4-15)27-14-21(26)25-11-9-24(10-12-25)17-5-8-19-20(13-17)23-16(2)22-19/h3-8,13H,9-12,14H2,1-2H3,(H,22,23). The van der Waals surface area contributed by atoms with Crippen molar-refractivity contribution in [3.05, 3.63) is 53.9 Å². The number of aromatic amines is 1. The number of hydrogen-bond acceptors (Lipinski definition) is 4. The van der Waals surface area contributed by atoms with E-state index in [1.54, 1.807) is 0 Å². The molecule has 1 aromatic heterocycles. The fourth-order valence-electron chi connectivity index (χ4n) is 3.41. The highest BCUT2D eigenvalue weighted by Crippen LogP contribution is 2.22. The fraction of sp³-hybridized carbons (Fsp3) is 0.333. The summed E-state index contributed by atoms with van der Waals surface area (Å²) in [6.07, 6.45) is 0. The van der Waals surface area contributed by atoms with E-state index in [2.05, 4.69) is 27.0 Å². The van der Waals surface area contributed by atoms with Gasteiger partial charge in [-0.1, -0.05) is 17.7 Å². The Hall–Kier alpha value is -3.02. The van der Waals surface area contributed by atoms with E-state index in [1.807, 2.05) is 49.1 Å². The smallest absolute Gasteiger partial charge is 0.260 e. The van der Waals surface area contributed by atoms with Crippen LogP contribution in [0.25, 0.3) is 11.0 Å². The second-order valence-corrected chi connectivity index (χ2v) is 6.99. The fourth-order valence-corrected chi connectivity index (χ4v) is 3.41. The van der Waals surface area contributed by atoms with Gasteiger partial charge in [0.2, 0.25) is 0 Å². The van der Waals surface area contributed by atoms with Gasteiger partial charge < -0.3 is 19.5 Å². The van der Waals surface area contributed by atoms with Gasteiger partial charge in [0.05, 0.1) is 11.0 Å². The Morgan fingerprint density at radius 1 is 1.07 bits per heavy atom. The number of carbonyl (C=O) groups is 1. The summed E-state index contributed by atoms with van der Waals surface area (Å²) in [6, 6.07) is 14.0. The lowest BCUT2D eigenvalue weighted by molar-refractivity contribution is -0.133. The van der Waals surface area contributed by atoms with Crippen molar-refractivity contribution < 1.29 is 9.53 Å². The Bertz CT molecular complexity index is 940. The maximum Gasteiger partial charge on any atom is 0.260 e. The van der Waals surface area contributed by atoms with Crippen molar-refractivity contribution in [1.29, 1.82) is 0 Å². The highest BCUT2D eigenvalue weighted by atomic mass is 16.5. The molecule has 0 atom stereocenters. The number of carbonyl (C=O) groups excluding carboxylic acids is 1. The predicted molar refractivity (Wildman–Crippen MR) is 106 cm³/mol. The van der Waals surface area contributed by atoms with Crippen LogP contribution >= 0.6 is 0 Å². The van der Waals surface area contributed by atoms with Gasteiger partial charge in [0.1, 0.15) is 11.6 Å². The van der Waals surface area contributed by atoms with E-state index in [0.717, 1.165) is 41.4 Å². The molecule has 27 heavy (non-hydrogen) atoms. The van der Waals surface area contributed by atoms with E-state index in [1.165, 1.54) is 5.56 Å². The minimum atomic E-state index is 0.0369. The molecule has 6 nitrogen and oxygen atoms in total. The topological polar surface area (TPSA) is 61.5 Å². The van der Waals surface area contributed by atoms with Gasteiger partial charge in [-0.25, -0.2) is 4.98 Å². The third-order valence-electron chi connectivity index (χ3n) is 4.96. The molecule has 0 aliphatic carbocycles. The van der Waals surface area contributed by atoms with Crippen LogP contribution in [-0.2, 0) is 4.79 Å². The average molecular weight is 364 g/mol. The Morgan fingerprint density at radius 2 is 1.81 bits per heavy atom. The molecular formula is C21H24N4O2. The number of aromatic nitrogens is 2. The van der Waals surface area contributed by atoms with Gasteiger partial charge in [0, 0.05) is 31.9 Å². The third kappa shape index (κ3) is 3.89. The van der Waals surface area contributed by atoms with Crippen molar-refractivity contribution in [3.63, 3.8) is 0 Å². The van der Waals surface area contributed by atoms with E-state index in [-0.39, 0.29) is 12.5 Å². The SMILES string of the molecule is Cc1ccc(OCC(=O)N2CCN(c3ccc4nc(C)[nH]c4c3)CC2)cc1. The van der Waals surface area contributed by atoms with Crippen LogP contribution in [-0.4, -0.2) is 53.6 Å². The van der Waals surface area contributed by atoms with Crippen LogP contribution in [0.5, 0.6) is 5.75 Å². The van der Waals surface area contributed by atoms with Crippen molar-refractivity contribution in [2.45, 2.75) is 13.8 Å². The van der Waals surface area contributed by atoms with E-state index in [9.17, 15) is 4.79 Å². The summed E-state index contributed by atoms with van der Waals surface area (Å²) >= 11 is 0. The molecule has 0 unspecified atom stereocenters. The van der Waals surface area contributed by atoms with Crippen LogP contribution in [0.4, 0.5) is 5.69 Å². The van der Waals surface area contributed by atoms with Crippen molar-refractivity contribution >= 4 is 22.6 Å². The number of anilines is 1. The van der Waals surface area contributed by atoms with Crippen LogP contribution in [0.15, 0.2) is 42.5 Å². The zero-order valence-electron chi connectivity index (χ0n) is 15.7. The zero-order chi connectivity index (χ0) is 18.8. The van der Waals surface area contributed by atoms with Crippen molar-refractivity contribution in [1.82, 2.24) is 14.9 Å². The van der Waals surface area contributed by atoms with E-state index < -0.39 is 0 Å². The first kappa shape index (κ1) is 17.4. The Labute approximate surface area is 158 Å². The van der Waals surface area contributed by atoms with Crippen LogP contribution in [0.2, 0.25) is 0 Å². The molecular weight excluding hydrogens is 340 g/mol. The molecule has 1 N–H and O–H groups in total. The Balaban J connectivity index is 1.32. The van der Waals surface area contributed by atoms with E-state index in [0.29, 0.717) is 13.1 Å². The second kappa shape index (κ2) is 7.31. The Morgan fingerprint density at radius 3 is 2.56 bits per heavy atom. The first-order valence-electron chi connectivity index (χ1n) is 9.27. The number of imidazole rings is 1. The molecule has 2 aromatic carbocycles. The predicted octanol–water partition coefficient (Wildman–Crippen LogP) is 2.91. The van der Waals surface area contributed by atoms with Gasteiger partial charge in [-0.2, -0.15) is 0 Å². The molecule has 0 saturated carbocycles. The molecule has 1 amide bonds. The summed E-state index contributed by atoms with van der Waals surface area (Å²) in [5.41, 5.74) is 4.37. The summed E-state index contributed by atoms with van der Waals surface area (Å²) in [7, 11) is 0. The van der Waals surface area contributed by atoms with Crippen LogP contribution in [0.1, 0.15) is 11.4 Å². The number of H-pyrrole nitrogens is 1. The number of ether oxygens (including phenoxy) is 1. The normalized spacial score (nSPS) is 14.6. The van der Waals surface area contributed by atoms with Crippen molar-refractivity contribution in [2.24, 2.45) is 0 Å². The second-order valence-electron chi connectivity index (χ2n) is 6.99. The summed E-state index contributed by atoms with van der Waals surface area (Å²) in [5.74, 6) is 1.69. The molecule has 2 heterocycles. The highest BCUT2D eigenvalue weighted by Gasteiger charge is 2.22. The number of fused-ring (bicyclic) bond motifs is 1. The summed E-state index contributed by atoms with van der Waals surface area (Å²) in [5, 5.41) is 0. The van der Waals surface area contributed by atoms with Gasteiger partial charge in [0.15, 0.2) is 6.61 Å². The molecule has 4 rings (SSSR count). The monoisotopic (exact) mass is 364 g/mol. The van der Waals surface area contributed by atoms with Crippen molar-refractivity contribution in [2.75, 3.05) is 37.7 Å². The maximum atomic E-state index is 12.4. The van der Waals surface area contributed by atoms with Gasteiger partial charge in [-0.3, -0.25) is 4.79 Å². The number of aryl methyl sites for hydroxylation is 2. The minimum absolute atomic E-state index is 0.0369. The molecule has 6 heteroatoms.